The fraction of sp³-hybridized carbons (Fsp3) is 0.429. The first-order valence-electron chi connectivity index (χ1n) is 12.7. The van der Waals surface area contributed by atoms with Crippen LogP contribution in [0.15, 0.2) is 36.5 Å². The van der Waals surface area contributed by atoms with Gasteiger partial charge in [0.25, 0.3) is 0 Å². The molecule has 5 rings (SSSR count). The number of carbonyl (C=O) groups excluding carboxylic acids is 1. The maximum absolute atomic E-state index is 12.6. The smallest absolute Gasteiger partial charge is 0.163 e. The summed E-state index contributed by atoms with van der Waals surface area (Å²) >= 11 is 12.4. The summed E-state index contributed by atoms with van der Waals surface area (Å²) in [6, 6.07) is 9.62. The molecule has 0 radical (unpaired) electrons. The van der Waals surface area contributed by atoms with Crippen LogP contribution >= 0.6 is 23.2 Å². The molecule has 2 atom stereocenters. The number of nitrogens with zero attached hydrogens (tertiary/aromatic N) is 2. The molecule has 0 spiro atoms. The molecule has 2 aromatic carbocycles. The van der Waals surface area contributed by atoms with Gasteiger partial charge in [-0.2, -0.15) is 0 Å². The number of ketones is 1. The van der Waals surface area contributed by atoms with Gasteiger partial charge in [0.1, 0.15) is 0 Å². The first kappa shape index (κ1) is 25.3. The summed E-state index contributed by atoms with van der Waals surface area (Å²) < 4.78 is 0. The highest BCUT2D eigenvalue weighted by molar-refractivity contribution is 6.37. The highest BCUT2D eigenvalue weighted by Gasteiger charge is 2.26. The molecule has 1 aliphatic carbocycles. The lowest BCUT2D eigenvalue weighted by Crippen LogP contribution is -2.46. The minimum Gasteiger partial charge on any atom is -0.505 e. The van der Waals surface area contributed by atoms with E-state index >= 15 is 0 Å². The van der Waals surface area contributed by atoms with Crippen molar-refractivity contribution in [3.63, 3.8) is 0 Å². The van der Waals surface area contributed by atoms with Crippen molar-refractivity contribution in [2.75, 3.05) is 38.0 Å². The van der Waals surface area contributed by atoms with E-state index in [9.17, 15) is 9.90 Å². The summed E-state index contributed by atoms with van der Waals surface area (Å²) in [5.41, 5.74) is 3.94. The van der Waals surface area contributed by atoms with Gasteiger partial charge in [0.05, 0.1) is 26.8 Å². The fourth-order valence-corrected chi connectivity index (χ4v) is 6.06. The lowest BCUT2D eigenvalue weighted by atomic mass is 9.85. The van der Waals surface area contributed by atoms with Crippen molar-refractivity contribution in [1.82, 2.24) is 15.2 Å². The molecule has 6 nitrogen and oxygen atoms in total. The average molecular weight is 527 g/mol. The zero-order chi connectivity index (χ0) is 25.2. The second-order valence-corrected chi connectivity index (χ2v) is 10.9. The molecule has 2 heterocycles. The predicted molar refractivity (Wildman–Crippen MR) is 148 cm³/mol. The number of fused-ring (bicyclic) bond motifs is 1. The largest absolute Gasteiger partial charge is 0.505 e. The van der Waals surface area contributed by atoms with E-state index in [0.29, 0.717) is 17.5 Å². The highest BCUT2D eigenvalue weighted by Crippen LogP contribution is 2.39. The van der Waals surface area contributed by atoms with Crippen LogP contribution in [0.25, 0.3) is 22.0 Å². The monoisotopic (exact) mass is 526 g/mol. The van der Waals surface area contributed by atoms with Crippen LogP contribution in [0, 0.1) is 5.92 Å². The maximum Gasteiger partial charge on any atom is 0.163 e. The molecule has 1 saturated carbocycles. The Balaban J connectivity index is 1.46. The third-order valence-corrected chi connectivity index (χ3v) is 8.03. The molecule has 1 aliphatic heterocycles. The van der Waals surface area contributed by atoms with Crippen LogP contribution < -0.4 is 10.6 Å². The van der Waals surface area contributed by atoms with Crippen molar-refractivity contribution in [3.8, 4) is 16.9 Å². The SMILES string of the molecule is CC(=O)c1cnc2ccc(-c3cc(Cl)c(O)c(Cl)c3)cc2c1NC1CCCC(CN2CCNCC2)C1. The Morgan fingerprint density at radius 2 is 1.89 bits per heavy atom. The van der Waals surface area contributed by atoms with Gasteiger partial charge < -0.3 is 20.6 Å². The van der Waals surface area contributed by atoms with E-state index in [2.05, 4.69) is 20.5 Å². The molecule has 2 fully saturated rings. The number of anilines is 1. The highest BCUT2D eigenvalue weighted by atomic mass is 35.5. The summed E-state index contributed by atoms with van der Waals surface area (Å²) in [6.45, 7) is 7.10. The lowest BCUT2D eigenvalue weighted by Gasteiger charge is -2.36. The number of aromatic hydroxyl groups is 1. The topological polar surface area (TPSA) is 77.5 Å². The molecule has 2 unspecified atom stereocenters. The van der Waals surface area contributed by atoms with E-state index in [0.717, 1.165) is 73.3 Å². The summed E-state index contributed by atoms with van der Waals surface area (Å²) in [6.07, 6.45) is 6.30. The molecule has 1 saturated heterocycles. The second-order valence-electron chi connectivity index (χ2n) is 10.0. The van der Waals surface area contributed by atoms with Gasteiger partial charge in [-0.3, -0.25) is 9.78 Å². The van der Waals surface area contributed by atoms with Gasteiger partial charge in [-0.05, 0) is 67.5 Å². The summed E-state index contributed by atoms with van der Waals surface area (Å²) in [4.78, 5) is 19.7. The van der Waals surface area contributed by atoms with Crippen LogP contribution in [-0.2, 0) is 0 Å². The van der Waals surface area contributed by atoms with Gasteiger partial charge >= 0.3 is 0 Å². The number of halogens is 2. The zero-order valence-corrected chi connectivity index (χ0v) is 22.0. The molecule has 3 aromatic rings. The quantitative estimate of drug-likeness (QED) is 0.342. The van der Waals surface area contributed by atoms with Crippen molar-refractivity contribution in [2.45, 2.75) is 38.6 Å². The van der Waals surface area contributed by atoms with E-state index < -0.39 is 0 Å². The molecule has 8 heteroatoms. The number of phenols is 1. The number of hydrogen-bond donors (Lipinski definition) is 3. The van der Waals surface area contributed by atoms with Crippen LogP contribution in [0.5, 0.6) is 5.75 Å². The van der Waals surface area contributed by atoms with E-state index in [1.165, 1.54) is 12.8 Å². The number of phenolic OH excluding ortho intramolecular Hbond substituents is 1. The molecule has 0 bridgehead atoms. The number of benzene rings is 2. The van der Waals surface area contributed by atoms with E-state index in [4.69, 9.17) is 23.2 Å². The van der Waals surface area contributed by atoms with E-state index in [1.807, 2.05) is 18.2 Å². The van der Waals surface area contributed by atoms with Crippen molar-refractivity contribution >= 4 is 45.6 Å². The molecular weight excluding hydrogens is 495 g/mol. The number of aromatic nitrogens is 1. The predicted octanol–water partition coefficient (Wildman–Crippen LogP) is 5.99. The van der Waals surface area contributed by atoms with Crippen molar-refractivity contribution in [2.24, 2.45) is 5.92 Å². The molecule has 36 heavy (non-hydrogen) atoms. The van der Waals surface area contributed by atoms with Gasteiger partial charge in [-0.25, -0.2) is 0 Å². The normalized spacial score (nSPS) is 21.0. The molecule has 3 N–H and O–H groups in total. The molecule has 1 aromatic heterocycles. The third-order valence-electron chi connectivity index (χ3n) is 7.45. The van der Waals surface area contributed by atoms with E-state index in [-0.39, 0.29) is 21.6 Å². The van der Waals surface area contributed by atoms with Gasteiger partial charge in [-0.15, -0.1) is 0 Å². The lowest BCUT2D eigenvalue weighted by molar-refractivity contribution is 0.101. The number of Topliss-reactive ketones (excluding diaryl/α,β-unsaturated/α-hetero) is 1. The van der Waals surface area contributed by atoms with Crippen molar-refractivity contribution in [3.05, 3.63) is 52.1 Å². The molecular formula is C28H32Cl2N4O2. The van der Waals surface area contributed by atoms with Crippen LogP contribution in [0.2, 0.25) is 10.0 Å². The number of carbonyl (C=O) groups is 1. The summed E-state index contributed by atoms with van der Waals surface area (Å²) in [5, 5.41) is 18.5. The fourth-order valence-electron chi connectivity index (χ4n) is 5.58. The standard InChI is InChI=1S/C28H32Cl2N4O2/c1-17(35)23-15-32-26-6-5-19(20-13-24(29)28(36)25(30)14-20)12-22(26)27(23)33-21-4-2-3-18(11-21)16-34-9-7-31-8-10-34/h5-6,12-15,18,21,31,36H,2-4,7-11,16H2,1H3,(H,32,33). The van der Waals surface area contributed by atoms with Crippen LogP contribution in [-0.4, -0.2) is 59.5 Å². The molecule has 2 aliphatic rings. The first-order valence-corrected chi connectivity index (χ1v) is 13.5. The van der Waals surface area contributed by atoms with Gasteiger partial charge in [0, 0.05) is 50.3 Å². The van der Waals surface area contributed by atoms with Crippen LogP contribution in [0.3, 0.4) is 0 Å². The van der Waals surface area contributed by atoms with Gasteiger partial charge in [0.15, 0.2) is 11.5 Å². The molecule has 190 valence electrons. The Kier molecular flexibility index (Phi) is 7.68. The minimum absolute atomic E-state index is 0.0128. The van der Waals surface area contributed by atoms with Crippen LogP contribution in [0.1, 0.15) is 43.0 Å². The van der Waals surface area contributed by atoms with Gasteiger partial charge in [-0.1, -0.05) is 35.7 Å². The number of rotatable bonds is 6. The van der Waals surface area contributed by atoms with Crippen LogP contribution in [0.4, 0.5) is 5.69 Å². The van der Waals surface area contributed by atoms with E-state index in [1.54, 1.807) is 25.3 Å². The van der Waals surface area contributed by atoms with Gasteiger partial charge in [0.2, 0.25) is 0 Å². The maximum atomic E-state index is 12.6. The average Bonchev–Trinajstić information content (AvgIpc) is 2.87. The number of nitrogens with one attached hydrogen (secondary N) is 2. The van der Waals surface area contributed by atoms with Crippen molar-refractivity contribution < 1.29 is 9.90 Å². The number of pyridine rings is 1. The Bertz CT molecular complexity index is 1250. The first-order chi connectivity index (χ1) is 17.4. The number of piperazine rings is 1. The number of hydrogen-bond acceptors (Lipinski definition) is 6. The summed E-state index contributed by atoms with van der Waals surface area (Å²) in [5.74, 6) is 0.514. The van der Waals surface area contributed by atoms with Crippen molar-refractivity contribution in [1.29, 1.82) is 0 Å². The second kappa shape index (κ2) is 10.9. The Morgan fingerprint density at radius 3 is 2.61 bits per heavy atom. The zero-order valence-electron chi connectivity index (χ0n) is 20.5. The third kappa shape index (κ3) is 5.47. The Labute approximate surface area is 222 Å². The Hall–Kier alpha value is -2.38. The summed E-state index contributed by atoms with van der Waals surface area (Å²) in [7, 11) is 0. The minimum atomic E-state index is -0.126. The molecule has 0 amide bonds. The Morgan fingerprint density at radius 1 is 1.14 bits per heavy atom.